The number of aliphatic hydroxyl groups is 1. The van der Waals surface area contributed by atoms with Crippen molar-refractivity contribution in [3.05, 3.63) is 0 Å². The predicted octanol–water partition coefficient (Wildman–Crippen LogP) is 0.562. The third-order valence-electron chi connectivity index (χ3n) is 4.60. The van der Waals surface area contributed by atoms with Gasteiger partial charge in [-0.3, -0.25) is 0 Å². The van der Waals surface area contributed by atoms with E-state index in [-0.39, 0.29) is 12.2 Å². The largest absolute Gasteiger partial charge is 0.387 e. The molecule has 0 aliphatic carbocycles. The Bertz CT molecular complexity index is 332. The third kappa shape index (κ3) is 1.20. The highest BCUT2D eigenvalue weighted by Gasteiger charge is 2.63. The number of ether oxygens (including phenoxy) is 1. The van der Waals surface area contributed by atoms with Crippen molar-refractivity contribution >= 4 is 0 Å². The minimum Gasteiger partial charge on any atom is -0.387 e. The van der Waals surface area contributed by atoms with Gasteiger partial charge in [0, 0.05) is 6.54 Å². The molecule has 4 heteroatoms. The van der Waals surface area contributed by atoms with E-state index in [2.05, 4.69) is 11.4 Å². The van der Waals surface area contributed by atoms with Crippen LogP contribution in [0, 0.1) is 16.7 Å². The number of hydrogen-bond acceptors (Lipinski definition) is 4. The summed E-state index contributed by atoms with van der Waals surface area (Å²) in [7, 11) is 0. The Balaban J connectivity index is 1.93. The van der Waals surface area contributed by atoms with E-state index in [0.717, 1.165) is 32.2 Å². The first-order chi connectivity index (χ1) is 7.70. The van der Waals surface area contributed by atoms with Gasteiger partial charge in [-0.15, -0.1) is 0 Å². The first-order valence-electron chi connectivity index (χ1n) is 6.20. The van der Waals surface area contributed by atoms with Crippen LogP contribution in [0.15, 0.2) is 0 Å². The van der Waals surface area contributed by atoms with E-state index >= 15 is 0 Å². The van der Waals surface area contributed by atoms with Crippen LogP contribution in [0.1, 0.15) is 32.1 Å². The smallest absolute Gasteiger partial charge is 0.116 e. The van der Waals surface area contributed by atoms with E-state index in [4.69, 9.17) is 4.74 Å². The molecule has 3 rings (SSSR count). The van der Waals surface area contributed by atoms with Gasteiger partial charge in [-0.2, -0.15) is 5.26 Å². The van der Waals surface area contributed by atoms with Crippen molar-refractivity contribution in [1.82, 2.24) is 5.32 Å². The molecule has 16 heavy (non-hydrogen) atoms. The Morgan fingerprint density at radius 2 is 2.31 bits per heavy atom. The monoisotopic (exact) mass is 222 g/mol. The lowest BCUT2D eigenvalue weighted by molar-refractivity contribution is -0.0975. The number of piperidine rings is 1. The molecular formula is C12H18N2O2. The molecule has 0 spiro atoms. The van der Waals surface area contributed by atoms with E-state index in [1.54, 1.807) is 0 Å². The van der Waals surface area contributed by atoms with Gasteiger partial charge in [-0.25, -0.2) is 0 Å². The quantitative estimate of drug-likeness (QED) is 0.680. The molecule has 3 fully saturated rings. The van der Waals surface area contributed by atoms with Crippen molar-refractivity contribution in [2.75, 3.05) is 13.1 Å². The predicted molar refractivity (Wildman–Crippen MR) is 57.6 cm³/mol. The van der Waals surface area contributed by atoms with E-state index in [9.17, 15) is 10.4 Å². The van der Waals surface area contributed by atoms with Crippen molar-refractivity contribution in [1.29, 1.82) is 5.26 Å². The Hall–Kier alpha value is -0.630. The zero-order valence-corrected chi connectivity index (χ0v) is 9.41. The maximum atomic E-state index is 10.8. The molecule has 3 heterocycles. The van der Waals surface area contributed by atoms with Gasteiger partial charge in [0.05, 0.1) is 23.9 Å². The average Bonchev–Trinajstić information content (AvgIpc) is 2.90. The molecule has 2 N–H and O–H groups in total. The van der Waals surface area contributed by atoms with Gasteiger partial charge in [0.15, 0.2) is 0 Å². The Morgan fingerprint density at radius 1 is 1.44 bits per heavy atom. The maximum absolute atomic E-state index is 10.8. The lowest BCUT2D eigenvalue weighted by Gasteiger charge is -2.46. The summed E-state index contributed by atoms with van der Waals surface area (Å²) >= 11 is 0. The maximum Gasteiger partial charge on any atom is 0.116 e. The number of β-amino-alcohol motifs (C(OH)–C–C–N with tert-alkyl or cyclic N) is 1. The molecule has 88 valence electrons. The molecule has 0 aromatic heterocycles. The molecular weight excluding hydrogens is 204 g/mol. The molecule has 2 bridgehead atoms. The summed E-state index contributed by atoms with van der Waals surface area (Å²) in [6.45, 7) is 1.48. The van der Waals surface area contributed by atoms with Crippen LogP contribution in [0.4, 0.5) is 0 Å². The van der Waals surface area contributed by atoms with Crippen molar-refractivity contribution < 1.29 is 9.84 Å². The highest BCUT2D eigenvalue weighted by atomic mass is 16.5. The standard InChI is InChI=1S/C12H18N2O2/c13-7-11(6-9-2-3-10(11)16-9)12(15)4-1-5-14-8-12/h9-10,14-15H,1-6,8H2. The summed E-state index contributed by atoms with van der Waals surface area (Å²) in [5.74, 6) is 0. The van der Waals surface area contributed by atoms with Gasteiger partial charge in [0.2, 0.25) is 0 Å². The van der Waals surface area contributed by atoms with Gasteiger partial charge in [-0.05, 0) is 38.6 Å². The van der Waals surface area contributed by atoms with Crippen molar-refractivity contribution in [2.24, 2.45) is 5.41 Å². The molecule has 0 amide bonds. The van der Waals surface area contributed by atoms with E-state index in [1.807, 2.05) is 0 Å². The fourth-order valence-electron chi connectivity index (χ4n) is 3.69. The Labute approximate surface area is 95.6 Å². The van der Waals surface area contributed by atoms with E-state index < -0.39 is 11.0 Å². The first-order valence-corrected chi connectivity index (χ1v) is 6.20. The summed E-state index contributed by atoms with van der Waals surface area (Å²) < 4.78 is 5.79. The second-order valence-electron chi connectivity index (χ2n) is 5.42. The highest BCUT2D eigenvalue weighted by Crippen LogP contribution is 2.54. The van der Waals surface area contributed by atoms with Crippen LogP contribution in [0.2, 0.25) is 0 Å². The van der Waals surface area contributed by atoms with Crippen LogP contribution in [-0.2, 0) is 4.74 Å². The Kier molecular flexibility index (Phi) is 2.25. The zero-order valence-electron chi connectivity index (χ0n) is 9.41. The topological polar surface area (TPSA) is 65.3 Å². The van der Waals surface area contributed by atoms with Gasteiger partial charge >= 0.3 is 0 Å². The summed E-state index contributed by atoms with van der Waals surface area (Å²) in [5, 5.41) is 23.5. The summed E-state index contributed by atoms with van der Waals surface area (Å²) in [4.78, 5) is 0. The van der Waals surface area contributed by atoms with Gasteiger partial charge in [-0.1, -0.05) is 0 Å². The zero-order chi connectivity index (χ0) is 11.2. The number of nitrogens with zero attached hydrogens (tertiary/aromatic N) is 1. The highest BCUT2D eigenvalue weighted by molar-refractivity contribution is 5.22. The minimum atomic E-state index is -0.889. The third-order valence-corrected chi connectivity index (χ3v) is 4.60. The molecule has 0 radical (unpaired) electrons. The van der Waals surface area contributed by atoms with Crippen LogP contribution in [-0.4, -0.2) is 36.0 Å². The summed E-state index contributed by atoms with van der Waals surface area (Å²) in [5.41, 5.74) is -1.55. The van der Waals surface area contributed by atoms with Crippen molar-refractivity contribution in [3.63, 3.8) is 0 Å². The molecule has 4 atom stereocenters. The lowest BCUT2D eigenvalue weighted by atomic mass is 9.61. The lowest BCUT2D eigenvalue weighted by Crippen LogP contribution is -2.60. The van der Waals surface area contributed by atoms with Gasteiger partial charge < -0.3 is 15.2 Å². The molecule has 0 aromatic carbocycles. The number of nitriles is 1. The van der Waals surface area contributed by atoms with E-state index in [0.29, 0.717) is 13.0 Å². The van der Waals surface area contributed by atoms with Crippen LogP contribution >= 0.6 is 0 Å². The summed E-state index contributed by atoms with van der Waals surface area (Å²) in [6.07, 6.45) is 4.52. The minimum absolute atomic E-state index is 0.0487. The molecule has 0 saturated carbocycles. The normalized spacial score (nSPS) is 51.5. The molecule has 4 nitrogen and oxygen atoms in total. The fourth-order valence-corrected chi connectivity index (χ4v) is 3.69. The van der Waals surface area contributed by atoms with Crippen LogP contribution in [0.5, 0.6) is 0 Å². The molecule has 4 unspecified atom stereocenters. The van der Waals surface area contributed by atoms with Gasteiger partial charge in [0.1, 0.15) is 5.41 Å². The Morgan fingerprint density at radius 3 is 2.81 bits per heavy atom. The fraction of sp³-hybridized carbons (Fsp3) is 0.917. The number of nitrogens with one attached hydrogen (secondary N) is 1. The number of fused-ring (bicyclic) bond motifs is 2. The number of hydrogen-bond donors (Lipinski definition) is 2. The summed E-state index contributed by atoms with van der Waals surface area (Å²) in [6, 6.07) is 2.40. The molecule has 3 aliphatic rings. The average molecular weight is 222 g/mol. The van der Waals surface area contributed by atoms with Crippen LogP contribution in [0.25, 0.3) is 0 Å². The van der Waals surface area contributed by atoms with Crippen LogP contribution in [0.3, 0.4) is 0 Å². The second-order valence-corrected chi connectivity index (χ2v) is 5.42. The van der Waals surface area contributed by atoms with Crippen LogP contribution < -0.4 is 5.32 Å². The first kappa shape index (κ1) is 10.5. The second kappa shape index (κ2) is 3.43. The molecule has 3 aliphatic heterocycles. The number of rotatable bonds is 1. The SMILES string of the molecule is N#CC1(C2(O)CCCNC2)CC2CCC1O2. The van der Waals surface area contributed by atoms with E-state index in [1.165, 1.54) is 0 Å². The molecule has 3 saturated heterocycles. The van der Waals surface area contributed by atoms with Gasteiger partial charge in [0.25, 0.3) is 0 Å². The van der Waals surface area contributed by atoms with Crippen molar-refractivity contribution in [2.45, 2.75) is 49.9 Å². The van der Waals surface area contributed by atoms with Crippen molar-refractivity contribution in [3.8, 4) is 6.07 Å². The molecule has 0 aromatic rings.